The van der Waals surface area contributed by atoms with Crippen molar-refractivity contribution in [1.29, 1.82) is 0 Å². The van der Waals surface area contributed by atoms with E-state index in [1.807, 2.05) is 6.07 Å². The summed E-state index contributed by atoms with van der Waals surface area (Å²) in [5.74, 6) is 3.48. The van der Waals surface area contributed by atoms with Crippen molar-refractivity contribution < 1.29 is 13.9 Å². The standard InChI is InChI=1S/C15H15NO3/c1-4-7-16(2)10-13(17)15-9-11-8-12(18-3)5-6-14(11)19-15/h1,5-6,8-9H,7,10H2,2-3H3. The predicted molar refractivity (Wildman–Crippen MR) is 73.4 cm³/mol. The van der Waals surface area contributed by atoms with Crippen LogP contribution in [0.25, 0.3) is 11.0 Å². The van der Waals surface area contributed by atoms with Gasteiger partial charge in [0.15, 0.2) is 5.76 Å². The molecule has 0 saturated carbocycles. The number of fused-ring (bicyclic) bond motifs is 1. The van der Waals surface area contributed by atoms with Crippen molar-refractivity contribution in [3.05, 3.63) is 30.0 Å². The second-order valence-electron chi connectivity index (χ2n) is 4.31. The number of furan rings is 1. The van der Waals surface area contributed by atoms with Gasteiger partial charge in [-0.2, -0.15) is 0 Å². The maximum atomic E-state index is 12.0. The molecule has 0 spiro atoms. The molecule has 19 heavy (non-hydrogen) atoms. The van der Waals surface area contributed by atoms with E-state index in [0.717, 1.165) is 11.1 Å². The molecule has 0 bridgehead atoms. The molecule has 4 nitrogen and oxygen atoms in total. The molecular weight excluding hydrogens is 242 g/mol. The predicted octanol–water partition coefficient (Wildman–Crippen LogP) is 2.19. The van der Waals surface area contributed by atoms with E-state index in [-0.39, 0.29) is 12.3 Å². The molecule has 1 heterocycles. The second-order valence-corrected chi connectivity index (χ2v) is 4.31. The van der Waals surface area contributed by atoms with Gasteiger partial charge in [0.2, 0.25) is 5.78 Å². The third kappa shape index (κ3) is 2.95. The molecule has 1 aromatic carbocycles. The first-order chi connectivity index (χ1) is 9.13. The third-order valence-corrected chi connectivity index (χ3v) is 2.77. The molecule has 0 N–H and O–H groups in total. The number of benzene rings is 1. The normalized spacial score (nSPS) is 10.6. The van der Waals surface area contributed by atoms with Crippen molar-refractivity contribution in [3.8, 4) is 18.1 Å². The smallest absolute Gasteiger partial charge is 0.211 e. The average molecular weight is 257 g/mol. The summed E-state index contributed by atoms with van der Waals surface area (Å²) >= 11 is 0. The molecule has 0 radical (unpaired) electrons. The van der Waals surface area contributed by atoms with Gasteiger partial charge in [0, 0.05) is 5.39 Å². The Morgan fingerprint density at radius 1 is 1.47 bits per heavy atom. The number of methoxy groups -OCH3 is 1. The van der Waals surface area contributed by atoms with Gasteiger partial charge in [-0.1, -0.05) is 5.92 Å². The number of carbonyl (C=O) groups excluding carboxylic acids is 1. The maximum Gasteiger partial charge on any atom is 0.211 e. The van der Waals surface area contributed by atoms with E-state index in [1.165, 1.54) is 0 Å². The van der Waals surface area contributed by atoms with Gasteiger partial charge in [0.1, 0.15) is 11.3 Å². The van der Waals surface area contributed by atoms with Crippen LogP contribution in [-0.4, -0.2) is 37.9 Å². The van der Waals surface area contributed by atoms with Gasteiger partial charge in [-0.05, 0) is 31.3 Å². The highest BCUT2D eigenvalue weighted by Crippen LogP contribution is 2.24. The summed E-state index contributed by atoms with van der Waals surface area (Å²) in [7, 11) is 3.39. The Balaban J connectivity index is 2.21. The largest absolute Gasteiger partial charge is 0.497 e. The van der Waals surface area contributed by atoms with Gasteiger partial charge in [-0.15, -0.1) is 6.42 Å². The molecule has 0 fully saturated rings. The number of ether oxygens (including phenoxy) is 1. The number of nitrogens with zero attached hydrogens (tertiary/aromatic N) is 1. The van der Waals surface area contributed by atoms with E-state index in [2.05, 4.69) is 5.92 Å². The van der Waals surface area contributed by atoms with Crippen molar-refractivity contribution >= 4 is 16.8 Å². The minimum atomic E-state index is -0.0899. The van der Waals surface area contributed by atoms with Crippen molar-refractivity contribution in [2.45, 2.75) is 0 Å². The van der Waals surface area contributed by atoms with Gasteiger partial charge >= 0.3 is 0 Å². The molecule has 0 amide bonds. The fourth-order valence-electron chi connectivity index (χ4n) is 1.82. The Labute approximate surface area is 111 Å². The Morgan fingerprint density at radius 3 is 2.95 bits per heavy atom. The topological polar surface area (TPSA) is 42.7 Å². The molecule has 0 aliphatic carbocycles. The first-order valence-corrected chi connectivity index (χ1v) is 5.87. The van der Waals surface area contributed by atoms with Crippen LogP contribution in [0.1, 0.15) is 10.6 Å². The zero-order valence-corrected chi connectivity index (χ0v) is 11.0. The second kappa shape index (κ2) is 5.59. The molecule has 0 saturated heterocycles. The monoisotopic (exact) mass is 257 g/mol. The van der Waals surface area contributed by atoms with Crippen molar-refractivity contribution in [3.63, 3.8) is 0 Å². The van der Waals surface area contributed by atoms with E-state index in [9.17, 15) is 4.79 Å². The van der Waals surface area contributed by atoms with Gasteiger partial charge in [-0.25, -0.2) is 0 Å². The summed E-state index contributed by atoms with van der Waals surface area (Å²) < 4.78 is 10.7. The summed E-state index contributed by atoms with van der Waals surface area (Å²) in [4.78, 5) is 13.8. The zero-order chi connectivity index (χ0) is 13.8. The summed E-state index contributed by atoms with van der Waals surface area (Å²) in [6.07, 6.45) is 5.20. The maximum absolute atomic E-state index is 12.0. The van der Waals surface area contributed by atoms with Crippen LogP contribution >= 0.6 is 0 Å². The fraction of sp³-hybridized carbons (Fsp3) is 0.267. The first-order valence-electron chi connectivity index (χ1n) is 5.87. The number of Topliss-reactive ketones (excluding diaryl/α,β-unsaturated/α-hetero) is 1. The molecule has 0 atom stereocenters. The Bertz CT molecular complexity index is 636. The highest BCUT2D eigenvalue weighted by atomic mass is 16.5. The molecule has 98 valence electrons. The molecule has 2 rings (SSSR count). The van der Waals surface area contributed by atoms with Crippen LogP contribution < -0.4 is 4.74 Å². The van der Waals surface area contributed by atoms with Gasteiger partial charge < -0.3 is 9.15 Å². The fourth-order valence-corrected chi connectivity index (χ4v) is 1.82. The van der Waals surface area contributed by atoms with Crippen LogP contribution in [0.4, 0.5) is 0 Å². The van der Waals surface area contributed by atoms with Crippen LogP contribution in [0, 0.1) is 12.3 Å². The summed E-state index contributed by atoms with van der Waals surface area (Å²) in [5.41, 5.74) is 0.670. The molecular formula is C15H15NO3. The summed E-state index contributed by atoms with van der Waals surface area (Å²) in [6, 6.07) is 7.14. The van der Waals surface area contributed by atoms with Crippen molar-refractivity contribution in [1.82, 2.24) is 4.90 Å². The number of likely N-dealkylation sites (N-methyl/N-ethyl adjacent to an activating group) is 1. The minimum Gasteiger partial charge on any atom is -0.497 e. The lowest BCUT2D eigenvalue weighted by atomic mass is 10.2. The van der Waals surface area contributed by atoms with E-state index in [1.54, 1.807) is 37.3 Å². The van der Waals surface area contributed by atoms with Gasteiger partial charge in [0.05, 0.1) is 20.2 Å². The van der Waals surface area contributed by atoms with E-state index >= 15 is 0 Å². The molecule has 4 heteroatoms. The highest BCUT2D eigenvalue weighted by molar-refractivity contribution is 5.99. The SMILES string of the molecule is C#CCN(C)CC(=O)c1cc2cc(OC)ccc2o1. The summed E-state index contributed by atoms with van der Waals surface area (Å²) in [5, 5.41) is 0.849. The lowest BCUT2D eigenvalue weighted by molar-refractivity contribution is 0.0927. The molecule has 0 aliphatic heterocycles. The van der Waals surface area contributed by atoms with E-state index < -0.39 is 0 Å². The van der Waals surface area contributed by atoms with Crippen LogP contribution in [0.5, 0.6) is 5.75 Å². The van der Waals surface area contributed by atoms with Crippen LogP contribution in [-0.2, 0) is 0 Å². The highest BCUT2D eigenvalue weighted by Gasteiger charge is 2.14. The number of ketones is 1. The average Bonchev–Trinajstić information content (AvgIpc) is 2.81. The Hall–Kier alpha value is -2.25. The lowest BCUT2D eigenvalue weighted by Gasteiger charge is -2.10. The van der Waals surface area contributed by atoms with Crippen LogP contribution in [0.3, 0.4) is 0 Å². The number of hydrogen-bond acceptors (Lipinski definition) is 4. The van der Waals surface area contributed by atoms with Crippen LogP contribution in [0.2, 0.25) is 0 Å². The number of rotatable bonds is 5. The van der Waals surface area contributed by atoms with Crippen molar-refractivity contribution in [2.24, 2.45) is 0 Å². The Morgan fingerprint density at radius 2 is 2.26 bits per heavy atom. The van der Waals surface area contributed by atoms with E-state index in [0.29, 0.717) is 17.9 Å². The third-order valence-electron chi connectivity index (χ3n) is 2.77. The van der Waals surface area contributed by atoms with E-state index in [4.69, 9.17) is 15.6 Å². The Kier molecular flexibility index (Phi) is 3.88. The summed E-state index contributed by atoms with van der Waals surface area (Å²) in [6.45, 7) is 0.668. The lowest BCUT2D eigenvalue weighted by Crippen LogP contribution is -2.26. The number of terminal acetylenes is 1. The molecule has 0 aliphatic rings. The van der Waals surface area contributed by atoms with Gasteiger partial charge in [0.25, 0.3) is 0 Å². The molecule has 2 aromatic rings. The zero-order valence-electron chi connectivity index (χ0n) is 11.0. The molecule has 0 unspecified atom stereocenters. The van der Waals surface area contributed by atoms with Gasteiger partial charge in [-0.3, -0.25) is 9.69 Å². The van der Waals surface area contributed by atoms with Crippen LogP contribution in [0.15, 0.2) is 28.7 Å². The number of carbonyl (C=O) groups is 1. The molecule has 1 aromatic heterocycles. The quantitative estimate of drug-likeness (QED) is 0.608. The van der Waals surface area contributed by atoms with Crippen molar-refractivity contribution in [2.75, 3.05) is 27.2 Å². The minimum absolute atomic E-state index is 0.0899. The first kappa shape index (κ1) is 13.2. The number of hydrogen-bond donors (Lipinski definition) is 0.